The number of nitrogens with one attached hydrogen (secondary N) is 1. The molecule has 5 nitrogen and oxygen atoms in total. The van der Waals surface area contributed by atoms with Crippen LogP contribution in [0.2, 0.25) is 0 Å². The molecule has 0 radical (unpaired) electrons. The van der Waals surface area contributed by atoms with Gasteiger partial charge in [-0.2, -0.15) is 0 Å². The number of benzene rings is 2. The van der Waals surface area contributed by atoms with Crippen molar-refractivity contribution in [3.8, 4) is 16.9 Å². The van der Waals surface area contributed by atoms with Crippen molar-refractivity contribution in [1.82, 2.24) is 5.32 Å². The third-order valence-corrected chi connectivity index (χ3v) is 5.15. The van der Waals surface area contributed by atoms with E-state index in [1.165, 1.54) is 0 Å². The first kappa shape index (κ1) is 17.7. The second-order valence-corrected chi connectivity index (χ2v) is 7.12. The number of Topliss-reactive ketones (excluding diaryl/α,β-unsaturated/α-hetero) is 1. The Bertz CT molecular complexity index is 870. The van der Waals surface area contributed by atoms with Crippen molar-refractivity contribution in [2.24, 2.45) is 0 Å². The monoisotopic (exact) mass is 365 g/mol. The average Bonchev–Trinajstić information content (AvgIpc) is 3.35. The lowest BCUT2D eigenvalue weighted by Gasteiger charge is -2.14. The molecule has 0 saturated carbocycles. The van der Waals surface area contributed by atoms with E-state index in [4.69, 9.17) is 9.47 Å². The molecule has 2 heterocycles. The van der Waals surface area contributed by atoms with Gasteiger partial charge in [-0.05, 0) is 48.6 Å². The number of hydrogen-bond acceptors (Lipinski definition) is 4. The van der Waals surface area contributed by atoms with E-state index >= 15 is 0 Å². The number of ether oxygens (including phenoxy) is 2. The first-order valence-electron chi connectivity index (χ1n) is 9.41. The molecule has 0 aliphatic carbocycles. The Balaban J connectivity index is 1.44. The molecule has 1 fully saturated rings. The molecule has 5 heteroatoms. The van der Waals surface area contributed by atoms with Gasteiger partial charge in [-0.3, -0.25) is 9.59 Å². The molecule has 0 aromatic heterocycles. The van der Waals surface area contributed by atoms with E-state index in [1.807, 2.05) is 36.4 Å². The molecule has 2 aliphatic rings. The van der Waals surface area contributed by atoms with Crippen LogP contribution in [0.4, 0.5) is 0 Å². The standard InChI is InChI=1S/C22H23NO4/c1-14(24)18-5-2-3-6-19(18)15-8-9-20-16(11-15)12-17(27-20)13-23-22(25)21-7-4-10-26-21/h2-3,5-6,8-9,11,17,21H,4,7,10,12-13H2,1H3,(H,23,25). The number of amides is 1. The summed E-state index contributed by atoms with van der Waals surface area (Å²) in [7, 11) is 0. The average molecular weight is 365 g/mol. The van der Waals surface area contributed by atoms with E-state index in [1.54, 1.807) is 6.92 Å². The number of fused-ring (bicyclic) bond motifs is 1. The van der Waals surface area contributed by atoms with Gasteiger partial charge in [-0.25, -0.2) is 0 Å². The molecule has 0 spiro atoms. The summed E-state index contributed by atoms with van der Waals surface area (Å²) in [6.45, 7) is 2.71. The molecule has 27 heavy (non-hydrogen) atoms. The van der Waals surface area contributed by atoms with Crippen molar-refractivity contribution in [3.63, 3.8) is 0 Å². The molecular weight excluding hydrogens is 342 g/mol. The van der Waals surface area contributed by atoms with Gasteiger partial charge >= 0.3 is 0 Å². The lowest BCUT2D eigenvalue weighted by molar-refractivity contribution is -0.130. The minimum atomic E-state index is -0.316. The highest BCUT2D eigenvalue weighted by atomic mass is 16.5. The van der Waals surface area contributed by atoms with Gasteiger partial charge in [0.05, 0.1) is 6.54 Å². The van der Waals surface area contributed by atoms with Crippen LogP contribution in [-0.4, -0.2) is 37.0 Å². The quantitative estimate of drug-likeness (QED) is 0.827. The van der Waals surface area contributed by atoms with Crippen LogP contribution in [0.1, 0.15) is 35.7 Å². The molecule has 2 unspecified atom stereocenters. The molecule has 1 saturated heterocycles. The lowest BCUT2D eigenvalue weighted by atomic mass is 9.95. The van der Waals surface area contributed by atoms with Crippen LogP contribution in [0.3, 0.4) is 0 Å². The van der Waals surface area contributed by atoms with Gasteiger partial charge in [0.25, 0.3) is 0 Å². The summed E-state index contributed by atoms with van der Waals surface area (Å²) in [4.78, 5) is 24.0. The SMILES string of the molecule is CC(=O)c1ccccc1-c1ccc2c(c1)CC(CNC(=O)C1CCCO1)O2. The molecule has 140 valence electrons. The van der Waals surface area contributed by atoms with Crippen LogP contribution in [0, 0.1) is 0 Å². The summed E-state index contributed by atoms with van der Waals surface area (Å²) in [5.41, 5.74) is 3.76. The Morgan fingerprint density at radius 2 is 2.04 bits per heavy atom. The van der Waals surface area contributed by atoms with Crippen LogP contribution < -0.4 is 10.1 Å². The second-order valence-electron chi connectivity index (χ2n) is 7.12. The number of carbonyl (C=O) groups excluding carboxylic acids is 2. The highest BCUT2D eigenvalue weighted by Gasteiger charge is 2.27. The van der Waals surface area contributed by atoms with Crippen molar-refractivity contribution < 1.29 is 19.1 Å². The first-order chi connectivity index (χ1) is 13.1. The Morgan fingerprint density at radius 1 is 1.19 bits per heavy atom. The maximum Gasteiger partial charge on any atom is 0.249 e. The van der Waals surface area contributed by atoms with E-state index in [0.717, 1.165) is 47.3 Å². The van der Waals surface area contributed by atoms with Gasteiger partial charge in [0.1, 0.15) is 18.0 Å². The Kier molecular flexibility index (Phi) is 4.94. The second kappa shape index (κ2) is 7.53. The zero-order valence-corrected chi connectivity index (χ0v) is 15.4. The largest absolute Gasteiger partial charge is 0.488 e. The van der Waals surface area contributed by atoms with Gasteiger partial charge in [-0.1, -0.05) is 30.3 Å². The van der Waals surface area contributed by atoms with Crippen molar-refractivity contribution in [2.75, 3.05) is 13.2 Å². The molecule has 2 aliphatic heterocycles. The van der Waals surface area contributed by atoms with Gasteiger partial charge in [0, 0.05) is 18.6 Å². The predicted molar refractivity (Wildman–Crippen MR) is 102 cm³/mol. The van der Waals surface area contributed by atoms with E-state index in [0.29, 0.717) is 13.2 Å². The number of hydrogen-bond donors (Lipinski definition) is 1. The summed E-state index contributed by atoms with van der Waals surface area (Å²) >= 11 is 0. The fraction of sp³-hybridized carbons (Fsp3) is 0.364. The highest BCUT2D eigenvalue weighted by molar-refractivity contribution is 6.00. The molecule has 1 amide bonds. The Hall–Kier alpha value is -2.66. The number of ketones is 1. The lowest BCUT2D eigenvalue weighted by Crippen LogP contribution is -2.40. The maximum absolute atomic E-state index is 12.1. The smallest absolute Gasteiger partial charge is 0.249 e. The van der Waals surface area contributed by atoms with Crippen LogP contribution in [0.25, 0.3) is 11.1 Å². The highest BCUT2D eigenvalue weighted by Crippen LogP contribution is 2.34. The first-order valence-corrected chi connectivity index (χ1v) is 9.41. The molecule has 2 atom stereocenters. The minimum Gasteiger partial charge on any atom is -0.488 e. The zero-order chi connectivity index (χ0) is 18.8. The van der Waals surface area contributed by atoms with Gasteiger partial charge in [0.2, 0.25) is 5.91 Å². The van der Waals surface area contributed by atoms with E-state index in [9.17, 15) is 9.59 Å². The summed E-state index contributed by atoms with van der Waals surface area (Å²) in [5.74, 6) is 0.843. The third kappa shape index (κ3) is 3.74. The zero-order valence-electron chi connectivity index (χ0n) is 15.4. The van der Waals surface area contributed by atoms with Crippen LogP contribution >= 0.6 is 0 Å². The summed E-state index contributed by atoms with van der Waals surface area (Å²) in [6.07, 6.45) is 2.06. The van der Waals surface area contributed by atoms with Crippen molar-refractivity contribution in [1.29, 1.82) is 0 Å². The topological polar surface area (TPSA) is 64.6 Å². The van der Waals surface area contributed by atoms with E-state index in [2.05, 4.69) is 11.4 Å². The van der Waals surface area contributed by atoms with E-state index < -0.39 is 0 Å². The summed E-state index contributed by atoms with van der Waals surface area (Å²) < 4.78 is 11.4. The fourth-order valence-electron chi connectivity index (χ4n) is 3.76. The van der Waals surface area contributed by atoms with Crippen LogP contribution in [0.5, 0.6) is 5.75 Å². The normalized spacial score (nSPS) is 20.8. The van der Waals surface area contributed by atoms with Gasteiger partial charge in [-0.15, -0.1) is 0 Å². The molecule has 1 N–H and O–H groups in total. The summed E-state index contributed by atoms with van der Waals surface area (Å²) in [5, 5.41) is 2.94. The summed E-state index contributed by atoms with van der Waals surface area (Å²) in [6, 6.07) is 13.6. The molecule has 2 aromatic rings. The van der Waals surface area contributed by atoms with Crippen LogP contribution in [-0.2, 0) is 16.0 Å². The van der Waals surface area contributed by atoms with Crippen LogP contribution in [0.15, 0.2) is 42.5 Å². The Labute approximate surface area is 158 Å². The Morgan fingerprint density at radius 3 is 2.81 bits per heavy atom. The van der Waals surface area contributed by atoms with Crippen molar-refractivity contribution >= 4 is 11.7 Å². The third-order valence-electron chi connectivity index (χ3n) is 5.15. The maximum atomic E-state index is 12.1. The number of rotatable bonds is 5. The van der Waals surface area contributed by atoms with E-state index in [-0.39, 0.29) is 23.9 Å². The number of carbonyl (C=O) groups is 2. The fourth-order valence-corrected chi connectivity index (χ4v) is 3.76. The van der Waals surface area contributed by atoms with Gasteiger partial charge in [0.15, 0.2) is 5.78 Å². The van der Waals surface area contributed by atoms with Crippen molar-refractivity contribution in [3.05, 3.63) is 53.6 Å². The minimum absolute atomic E-state index is 0.0527. The molecule has 2 aromatic carbocycles. The molecular formula is C22H23NO4. The van der Waals surface area contributed by atoms with Gasteiger partial charge < -0.3 is 14.8 Å². The molecule has 4 rings (SSSR count). The molecule has 0 bridgehead atoms. The predicted octanol–water partition coefficient (Wildman–Crippen LogP) is 3.15. The van der Waals surface area contributed by atoms with Crippen molar-refractivity contribution in [2.45, 2.75) is 38.4 Å².